The van der Waals surface area contributed by atoms with Gasteiger partial charge >= 0.3 is 0 Å². The highest BCUT2D eigenvalue weighted by molar-refractivity contribution is 9.11. The molecule has 0 saturated carbocycles. The van der Waals surface area contributed by atoms with Gasteiger partial charge in [0.05, 0.1) is 14.6 Å². The molecule has 0 amide bonds. The van der Waals surface area contributed by atoms with E-state index < -0.39 is 0 Å². The summed E-state index contributed by atoms with van der Waals surface area (Å²) >= 11 is 25.3. The van der Waals surface area contributed by atoms with E-state index in [0.717, 1.165) is 31.3 Å². The van der Waals surface area contributed by atoms with Gasteiger partial charge in [-0.05, 0) is 86.3 Å². The van der Waals surface area contributed by atoms with Crippen molar-refractivity contribution in [2.45, 2.75) is 13.5 Å². The molecule has 3 aromatic rings. The van der Waals surface area contributed by atoms with E-state index in [1.54, 1.807) is 18.3 Å². The van der Waals surface area contributed by atoms with Gasteiger partial charge in [0.15, 0.2) is 0 Å². The monoisotopic (exact) mass is 559 g/mol. The van der Waals surface area contributed by atoms with Gasteiger partial charge in [0.2, 0.25) is 0 Å². The zero-order valence-corrected chi connectivity index (χ0v) is 20.1. The average molecular weight is 563 g/mol. The van der Waals surface area contributed by atoms with Crippen LogP contribution in [-0.4, -0.2) is 6.21 Å². The van der Waals surface area contributed by atoms with Gasteiger partial charge in [-0.2, -0.15) is 0 Å². The zero-order chi connectivity index (χ0) is 20.3. The Labute approximate surface area is 195 Å². The molecule has 0 atom stereocenters. The first-order valence-corrected chi connectivity index (χ1v) is 10.9. The van der Waals surface area contributed by atoms with E-state index in [2.05, 4.69) is 36.9 Å². The summed E-state index contributed by atoms with van der Waals surface area (Å²) in [5.41, 5.74) is 3.65. The van der Waals surface area contributed by atoms with Crippen molar-refractivity contribution in [3.63, 3.8) is 0 Å². The Kier molecular flexibility index (Phi) is 7.46. The summed E-state index contributed by atoms with van der Waals surface area (Å²) in [6.45, 7) is 2.32. The van der Waals surface area contributed by atoms with Crippen molar-refractivity contribution in [1.29, 1.82) is 0 Å². The van der Waals surface area contributed by atoms with Crippen LogP contribution in [0.1, 0.15) is 16.7 Å². The molecule has 0 aliphatic heterocycles. The van der Waals surface area contributed by atoms with E-state index in [4.69, 9.17) is 39.5 Å². The van der Waals surface area contributed by atoms with Gasteiger partial charge in [-0.25, -0.2) is 0 Å². The highest BCUT2D eigenvalue weighted by atomic mass is 79.9. The number of ether oxygens (including phenoxy) is 1. The van der Waals surface area contributed by atoms with Crippen LogP contribution in [0, 0.1) is 6.92 Å². The second-order valence-corrected chi connectivity index (χ2v) is 9.02. The van der Waals surface area contributed by atoms with Crippen molar-refractivity contribution in [3.05, 3.63) is 89.2 Å². The van der Waals surface area contributed by atoms with E-state index in [1.807, 2.05) is 43.3 Å². The molecule has 0 spiro atoms. The van der Waals surface area contributed by atoms with Gasteiger partial charge in [-0.1, -0.05) is 46.9 Å². The van der Waals surface area contributed by atoms with Gasteiger partial charge in [-0.3, -0.25) is 4.99 Å². The molecule has 0 aliphatic carbocycles. The van der Waals surface area contributed by atoms with Crippen LogP contribution in [0.4, 0.5) is 5.69 Å². The van der Waals surface area contributed by atoms with Crippen LogP contribution in [0.25, 0.3) is 0 Å². The lowest BCUT2D eigenvalue weighted by molar-refractivity contribution is 0.302. The van der Waals surface area contributed by atoms with E-state index in [-0.39, 0.29) is 0 Å². The molecular weight excluding hydrogens is 548 g/mol. The van der Waals surface area contributed by atoms with Crippen LogP contribution in [0.2, 0.25) is 15.1 Å². The summed E-state index contributed by atoms with van der Waals surface area (Å²) < 4.78 is 7.55. The highest BCUT2D eigenvalue weighted by Crippen LogP contribution is 2.36. The van der Waals surface area contributed by atoms with Crippen molar-refractivity contribution >= 4 is 78.6 Å². The Morgan fingerprint density at radius 1 is 0.929 bits per heavy atom. The second kappa shape index (κ2) is 9.64. The number of aliphatic imine (C=N–C) groups is 1. The fourth-order valence-corrected chi connectivity index (χ4v) is 4.53. The summed E-state index contributed by atoms with van der Waals surface area (Å²) in [5.74, 6) is 0.683. The Morgan fingerprint density at radius 3 is 2.25 bits per heavy atom. The molecule has 0 saturated heterocycles. The smallest absolute Gasteiger partial charge is 0.148 e. The average Bonchev–Trinajstić information content (AvgIpc) is 2.63. The fourth-order valence-electron chi connectivity index (χ4n) is 2.45. The number of halogens is 5. The maximum atomic E-state index is 6.21. The minimum atomic E-state index is 0.322. The molecule has 144 valence electrons. The minimum absolute atomic E-state index is 0.322. The fraction of sp³-hybridized carbons (Fsp3) is 0.0952. The van der Waals surface area contributed by atoms with Crippen LogP contribution < -0.4 is 4.74 Å². The molecule has 0 fully saturated rings. The van der Waals surface area contributed by atoms with Crippen LogP contribution in [0.5, 0.6) is 5.75 Å². The molecule has 0 unspecified atom stereocenters. The molecule has 0 radical (unpaired) electrons. The molecule has 0 N–H and O–H groups in total. The van der Waals surface area contributed by atoms with Crippen LogP contribution in [0.15, 0.2) is 62.5 Å². The summed E-state index contributed by atoms with van der Waals surface area (Å²) in [4.78, 5) is 4.54. The normalized spacial score (nSPS) is 11.2. The Morgan fingerprint density at radius 2 is 1.57 bits per heavy atom. The van der Waals surface area contributed by atoms with Crippen molar-refractivity contribution in [3.8, 4) is 5.75 Å². The first kappa shape index (κ1) is 21.7. The van der Waals surface area contributed by atoms with Crippen molar-refractivity contribution in [2.75, 3.05) is 0 Å². The molecule has 28 heavy (non-hydrogen) atoms. The van der Waals surface area contributed by atoms with Crippen LogP contribution in [0.3, 0.4) is 0 Å². The number of nitrogens with zero attached hydrogens (tertiary/aromatic N) is 1. The standard InChI is InChI=1S/C21H14Br2Cl3NO/c1-12-2-4-16(25)9-20(12)27-10-13-6-17(22)21(18(23)7-13)28-11-14-3-5-15(24)8-19(14)26/h2-10H,11H2,1H3. The zero-order valence-electron chi connectivity index (χ0n) is 14.6. The molecule has 0 bridgehead atoms. The number of benzene rings is 3. The van der Waals surface area contributed by atoms with Gasteiger partial charge in [0, 0.05) is 26.8 Å². The SMILES string of the molecule is Cc1ccc(Cl)cc1N=Cc1cc(Br)c(OCc2ccc(Cl)cc2Cl)c(Br)c1. The van der Waals surface area contributed by atoms with Gasteiger partial charge in [0.25, 0.3) is 0 Å². The van der Waals surface area contributed by atoms with E-state index in [0.29, 0.717) is 27.4 Å². The predicted molar refractivity (Wildman–Crippen MR) is 126 cm³/mol. The topological polar surface area (TPSA) is 21.6 Å². The largest absolute Gasteiger partial charge is 0.486 e. The molecule has 0 heterocycles. The molecule has 2 nitrogen and oxygen atoms in total. The molecule has 3 rings (SSSR count). The second-order valence-electron chi connectivity index (χ2n) is 6.03. The number of rotatable bonds is 5. The van der Waals surface area contributed by atoms with Crippen molar-refractivity contribution < 1.29 is 4.74 Å². The third kappa shape index (κ3) is 5.52. The molecule has 7 heteroatoms. The van der Waals surface area contributed by atoms with Gasteiger partial charge in [-0.15, -0.1) is 0 Å². The third-order valence-electron chi connectivity index (χ3n) is 3.93. The maximum Gasteiger partial charge on any atom is 0.148 e. The summed E-state index contributed by atoms with van der Waals surface area (Å²) in [6, 6.07) is 14.8. The number of aryl methyl sites for hydroxylation is 1. The lowest BCUT2D eigenvalue weighted by atomic mass is 10.2. The molecule has 0 aliphatic rings. The molecule has 3 aromatic carbocycles. The van der Waals surface area contributed by atoms with Crippen LogP contribution >= 0.6 is 66.7 Å². The molecule has 0 aromatic heterocycles. The molecular formula is C21H14Br2Cl3NO. The van der Waals surface area contributed by atoms with Gasteiger partial charge < -0.3 is 4.74 Å². The van der Waals surface area contributed by atoms with Crippen molar-refractivity contribution in [2.24, 2.45) is 4.99 Å². The number of hydrogen-bond acceptors (Lipinski definition) is 2. The van der Waals surface area contributed by atoms with E-state index in [1.165, 1.54) is 0 Å². The Hall–Kier alpha value is -1.04. The number of hydrogen-bond donors (Lipinski definition) is 0. The van der Waals surface area contributed by atoms with Crippen molar-refractivity contribution in [1.82, 2.24) is 0 Å². The van der Waals surface area contributed by atoms with Gasteiger partial charge in [0.1, 0.15) is 12.4 Å². The third-order valence-corrected chi connectivity index (χ3v) is 5.93. The quantitative estimate of drug-likeness (QED) is 0.285. The summed E-state index contributed by atoms with van der Waals surface area (Å²) in [7, 11) is 0. The maximum absolute atomic E-state index is 6.21. The van der Waals surface area contributed by atoms with E-state index in [9.17, 15) is 0 Å². The highest BCUT2D eigenvalue weighted by Gasteiger charge is 2.10. The first-order chi connectivity index (χ1) is 13.3. The Bertz CT molecular complexity index is 1030. The summed E-state index contributed by atoms with van der Waals surface area (Å²) in [6.07, 6.45) is 1.79. The summed E-state index contributed by atoms with van der Waals surface area (Å²) in [5, 5.41) is 1.82. The Balaban J connectivity index is 1.79. The van der Waals surface area contributed by atoms with E-state index >= 15 is 0 Å². The first-order valence-electron chi connectivity index (χ1n) is 8.19. The van der Waals surface area contributed by atoms with Crippen LogP contribution in [-0.2, 0) is 6.61 Å². The minimum Gasteiger partial charge on any atom is -0.486 e. The predicted octanol–water partition coefficient (Wildman–Crippen LogP) is 8.81. The lowest BCUT2D eigenvalue weighted by Gasteiger charge is -2.12. The lowest BCUT2D eigenvalue weighted by Crippen LogP contribution is -1.98.